The van der Waals surface area contributed by atoms with Gasteiger partial charge in [-0.25, -0.2) is 4.98 Å². The summed E-state index contributed by atoms with van der Waals surface area (Å²) in [7, 11) is 0. The van der Waals surface area contributed by atoms with Crippen LogP contribution in [0, 0.1) is 23.7 Å². The van der Waals surface area contributed by atoms with Crippen LogP contribution in [0.2, 0.25) is 0 Å². The molecule has 0 saturated heterocycles. The second-order valence-corrected chi connectivity index (χ2v) is 9.92. The molecule has 1 heterocycles. The summed E-state index contributed by atoms with van der Waals surface area (Å²) in [5.74, 6) is 1.80. The van der Waals surface area contributed by atoms with Gasteiger partial charge < -0.3 is 10.6 Å². The molecule has 0 aromatic carbocycles. The van der Waals surface area contributed by atoms with Crippen molar-refractivity contribution in [3.05, 3.63) is 28.7 Å². The first kappa shape index (κ1) is 20.6. The normalized spacial score (nSPS) is 28.3. The van der Waals surface area contributed by atoms with E-state index in [9.17, 15) is 9.59 Å². The summed E-state index contributed by atoms with van der Waals surface area (Å²) in [5, 5.41) is 9.58. The van der Waals surface area contributed by atoms with Gasteiger partial charge in [0.2, 0.25) is 11.8 Å². The van der Waals surface area contributed by atoms with Crippen molar-refractivity contribution in [3.63, 3.8) is 0 Å². The lowest BCUT2D eigenvalue weighted by molar-refractivity contribution is -0.129. The fraction of sp³-hybridized carbons (Fsp3) is 0.696. The third-order valence-electron chi connectivity index (χ3n) is 7.06. The number of rotatable bonds is 7. The van der Waals surface area contributed by atoms with Gasteiger partial charge in [0.05, 0.1) is 6.04 Å². The van der Waals surface area contributed by atoms with Crippen LogP contribution in [0.4, 0.5) is 0 Å². The van der Waals surface area contributed by atoms with E-state index >= 15 is 0 Å². The molecule has 0 spiro atoms. The highest BCUT2D eigenvalue weighted by molar-refractivity contribution is 7.09. The molecule has 0 aliphatic heterocycles. The Balaban J connectivity index is 1.26. The molecule has 1 aromatic heterocycles. The van der Waals surface area contributed by atoms with Gasteiger partial charge in [0, 0.05) is 30.0 Å². The van der Waals surface area contributed by atoms with Crippen molar-refractivity contribution in [2.75, 3.05) is 6.54 Å². The highest BCUT2D eigenvalue weighted by Gasteiger charge is 2.34. The minimum absolute atomic E-state index is 0.0488. The molecule has 2 fully saturated rings. The first-order chi connectivity index (χ1) is 14.2. The van der Waals surface area contributed by atoms with Gasteiger partial charge in [0.1, 0.15) is 5.01 Å². The molecule has 158 valence electrons. The zero-order valence-corrected chi connectivity index (χ0v) is 18.0. The monoisotopic (exact) mass is 415 g/mol. The minimum atomic E-state index is 0.0488. The number of thiazole rings is 1. The summed E-state index contributed by atoms with van der Waals surface area (Å²) in [5.41, 5.74) is 0. The number of nitrogens with one attached hydrogen (secondary N) is 2. The molecule has 29 heavy (non-hydrogen) atoms. The molecule has 1 aromatic rings. The van der Waals surface area contributed by atoms with E-state index in [1.54, 1.807) is 11.3 Å². The molecule has 3 aliphatic rings. The average Bonchev–Trinajstić information content (AvgIpc) is 3.24. The maximum atomic E-state index is 12.6. The fourth-order valence-electron chi connectivity index (χ4n) is 4.86. The molecule has 2 N–H and O–H groups in total. The van der Waals surface area contributed by atoms with Gasteiger partial charge in [0.25, 0.3) is 0 Å². The summed E-state index contributed by atoms with van der Waals surface area (Å²) < 4.78 is 0. The molecule has 0 bridgehead atoms. The Morgan fingerprint density at radius 3 is 2.48 bits per heavy atom. The van der Waals surface area contributed by atoms with Crippen LogP contribution in [-0.4, -0.2) is 23.3 Å². The van der Waals surface area contributed by atoms with Crippen molar-refractivity contribution >= 4 is 23.2 Å². The predicted octanol–water partition coefficient (Wildman–Crippen LogP) is 4.38. The van der Waals surface area contributed by atoms with Crippen LogP contribution in [0.3, 0.4) is 0 Å². The van der Waals surface area contributed by atoms with Crippen molar-refractivity contribution in [1.82, 2.24) is 15.6 Å². The Bertz CT molecular complexity index is 706. The Labute approximate surface area is 177 Å². The van der Waals surface area contributed by atoms with Crippen LogP contribution in [0.5, 0.6) is 0 Å². The van der Waals surface area contributed by atoms with Gasteiger partial charge in [-0.2, -0.15) is 0 Å². The number of amides is 2. The van der Waals surface area contributed by atoms with Crippen LogP contribution >= 0.6 is 11.3 Å². The smallest absolute Gasteiger partial charge is 0.223 e. The third-order valence-corrected chi connectivity index (χ3v) is 7.92. The van der Waals surface area contributed by atoms with Gasteiger partial charge in [-0.05, 0) is 69.6 Å². The van der Waals surface area contributed by atoms with Crippen molar-refractivity contribution < 1.29 is 9.59 Å². The second-order valence-electron chi connectivity index (χ2n) is 8.99. The van der Waals surface area contributed by atoms with E-state index < -0.39 is 0 Å². The predicted molar refractivity (Wildman–Crippen MR) is 115 cm³/mol. The Hall–Kier alpha value is -1.69. The average molecular weight is 416 g/mol. The van der Waals surface area contributed by atoms with E-state index in [0.717, 1.165) is 69.3 Å². The molecule has 0 radical (unpaired) electrons. The van der Waals surface area contributed by atoms with Crippen molar-refractivity contribution in [2.24, 2.45) is 23.7 Å². The first-order valence-electron chi connectivity index (χ1n) is 11.3. The first-order valence-corrected chi connectivity index (χ1v) is 12.2. The number of hydrogen-bond acceptors (Lipinski definition) is 4. The third kappa shape index (κ3) is 5.27. The topological polar surface area (TPSA) is 71.1 Å². The summed E-state index contributed by atoms with van der Waals surface area (Å²) in [6, 6.07) is 0.0488. The molecule has 6 heteroatoms. The Kier molecular flexibility index (Phi) is 7.01. The van der Waals surface area contributed by atoms with E-state index in [2.05, 4.69) is 27.8 Å². The Morgan fingerprint density at radius 1 is 1.03 bits per heavy atom. The van der Waals surface area contributed by atoms with Gasteiger partial charge in [0.15, 0.2) is 0 Å². The lowest BCUT2D eigenvalue weighted by Gasteiger charge is -2.35. The van der Waals surface area contributed by atoms with Crippen LogP contribution in [0.1, 0.15) is 75.3 Å². The van der Waals surface area contributed by atoms with Crippen molar-refractivity contribution in [3.8, 4) is 0 Å². The van der Waals surface area contributed by atoms with Gasteiger partial charge >= 0.3 is 0 Å². The summed E-state index contributed by atoms with van der Waals surface area (Å²) in [6.07, 6.45) is 16.6. The molecular weight excluding hydrogens is 382 g/mol. The highest BCUT2D eigenvalue weighted by atomic mass is 32.1. The lowest BCUT2D eigenvalue weighted by Crippen LogP contribution is -2.41. The highest BCUT2D eigenvalue weighted by Crippen LogP contribution is 2.38. The maximum absolute atomic E-state index is 12.6. The van der Waals surface area contributed by atoms with Crippen LogP contribution < -0.4 is 10.6 Å². The van der Waals surface area contributed by atoms with Crippen LogP contribution in [0.25, 0.3) is 0 Å². The SMILES string of the molecule is O=C(N[C@@H](c1nccs1)C1CCC(CNC(=O)[C@H]2CC=CCC2)CC1)C1CCC1. The minimum Gasteiger partial charge on any atom is -0.356 e. The largest absolute Gasteiger partial charge is 0.356 e. The maximum Gasteiger partial charge on any atom is 0.223 e. The second kappa shape index (κ2) is 9.88. The van der Waals surface area contributed by atoms with Crippen molar-refractivity contribution in [1.29, 1.82) is 0 Å². The number of nitrogens with zero attached hydrogens (tertiary/aromatic N) is 1. The summed E-state index contributed by atoms with van der Waals surface area (Å²) in [6.45, 7) is 0.794. The molecule has 3 aliphatic carbocycles. The zero-order valence-electron chi connectivity index (χ0n) is 17.1. The molecule has 2 saturated carbocycles. The van der Waals surface area contributed by atoms with E-state index in [0.29, 0.717) is 11.8 Å². The standard InChI is InChI=1S/C23H33N3O2S/c27-21(18-5-2-1-3-6-18)25-15-16-9-11-17(12-10-16)20(23-24-13-14-29-23)26-22(28)19-7-4-8-19/h1-2,13-14,16-20H,3-12,15H2,(H,25,27)(H,26,28)/t16?,17?,18-,20+/m0/s1. The zero-order chi connectivity index (χ0) is 20.1. The number of carbonyl (C=O) groups excluding carboxylic acids is 2. The van der Waals surface area contributed by atoms with E-state index in [-0.39, 0.29) is 29.7 Å². The number of allylic oxidation sites excluding steroid dienone is 2. The molecule has 5 nitrogen and oxygen atoms in total. The molecule has 2 atom stereocenters. The number of hydrogen-bond donors (Lipinski definition) is 2. The molecule has 4 rings (SSSR count). The van der Waals surface area contributed by atoms with Gasteiger partial charge in [-0.3, -0.25) is 9.59 Å². The van der Waals surface area contributed by atoms with Gasteiger partial charge in [-0.1, -0.05) is 18.6 Å². The summed E-state index contributed by atoms with van der Waals surface area (Å²) >= 11 is 1.65. The quantitative estimate of drug-likeness (QED) is 0.649. The van der Waals surface area contributed by atoms with E-state index in [4.69, 9.17) is 0 Å². The van der Waals surface area contributed by atoms with Gasteiger partial charge in [-0.15, -0.1) is 11.3 Å². The number of carbonyl (C=O) groups is 2. The van der Waals surface area contributed by atoms with E-state index in [1.165, 1.54) is 6.42 Å². The molecule has 2 amide bonds. The Morgan fingerprint density at radius 2 is 1.86 bits per heavy atom. The van der Waals surface area contributed by atoms with Crippen LogP contribution in [-0.2, 0) is 9.59 Å². The van der Waals surface area contributed by atoms with Crippen molar-refractivity contribution in [2.45, 2.75) is 70.3 Å². The molecular formula is C23H33N3O2S. The molecule has 0 unspecified atom stereocenters. The number of aromatic nitrogens is 1. The summed E-state index contributed by atoms with van der Waals surface area (Å²) in [4.78, 5) is 29.5. The van der Waals surface area contributed by atoms with E-state index in [1.807, 2.05) is 11.6 Å². The van der Waals surface area contributed by atoms with Crippen LogP contribution in [0.15, 0.2) is 23.7 Å². The fourth-order valence-corrected chi connectivity index (χ4v) is 5.64. The lowest BCUT2D eigenvalue weighted by atomic mass is 9.78.